The quantitative estimate of drug-likeness (QED) is 0.644. The lowest BCUT2D eigenvalue weighted by atomic mass is 9.68. The average molecular weight is 266 g/mol. The second-order valence-corrected chi connectivity index (χ2v) is 7.11. The normalized spacial score (nSPS) is 40.3. The van der Waals surface area contributed by atoms with Crippen molar-refractivity contribution in [2.45, 2.75) is 84.7 Å². The smallest absolute Gasteiger partial charge is 0.0600 e. The minimum absolute atomic E-state index is 0.553. The first kappa shape index (κ1) is 15.4. The van der Waals surface area contributed by atoms with E-state index in [0.717, 1.165) is 30.3 Å². The molecule has 0 amide bonds. The molecule has 2 fully saturated rings. The van der Waals surface area contributed by atoms with E-state index in [1.807, 2.05) is 0 Å². The van der Waals surface area contributed by atoms with Crippen LogP contribution in [-0.2, 0) is 4.74 Å². The summed E-state index contributed by atoms with van der Waals surface area (Å²) >= 11 is 0. The van der Waals surface area contributed by atoms with Crippen molar-refractivity contribution < 1.29 is 4.74 Å². The highest BCUT2D eigenvalue weighted by Crippen LogP contribution is 2.42. The van der Waals surface area contributed by atoms with Gasteiger partial charge in [-0.1, -0.05) is 39.5 Å². The van der Waals surface area contributed by atoms with Gasteiger partial charge in [0.25, 0.3) is 0 Å². The minimum atomic E-state index is 0.553. The molecule has 0 aromatic rings. The van der Waals surface area contributed by atoms with E-state index in [1.165, 1.54) is 57.8 Å². The Morgan fingerprint density at radius 1 is 0.895 bits per heavy atom. The number of rotatable bonds is 5. The molecule has 2 saturated carbocycles. The van der Waals surface area contributed by atoms with Gasteiger partial charge in [-0.25, -0.2) is 0 Å². The summed E-state index contributed by atoms with van der Waals surface area (Å²) in [5.74, 6) is 3.89. The van der Waals surface area contributed by atoms with E-state index in [1.54, 1.807) is 0 Å². The van der Waals surface area contributed by atoms with Crippen molar-refractivity contribution >= 4 is 0 Å². The lowest BCUT2D eigenvalue weighted by Gasteiger charge is -2.40. The Bertz CT molecular complexity index is 242. The molecule has 0 heterocycles. The molecule has 3 atom stereocenters. The van der Waals surface area contributed by atoms with Gasteiger partial charge in [0.1, 0.15) is 0 Å². The Morgan fingerprint density at radius 3 is 2.16 bits per heavy atom. The van der Waals surface area contributed by atoms with Crippen LogP contribution in [0.4, 0.5) is 0 Å². The summed E-state index contributed by atoms with van der Waals surface area (Å²) in [5.41, 5.74) is 0. The fraction of sp³-hybridized carbons (Fsp3) is 1.00. The fourth-order valence-electron chi connectivity index (χ4n) is 4.66. The van der Waals surface area contributed by atoms with Crippen LogP contribution in [0, 0.1) is 23.7 Å². The molecular formula is C18H34O. The van der Waals surface area contributed by atoms with E-state index in [0.29, 0.717) is 6.10 Å². The lowest BCUT2D eigenvalue weighted by molar-refractivity contribution is -0.0223. The highest BCUT2D eigenvalue weighted by Gasteiger charge is 2.34. The van der Waals surface area contributed by atoms with E-state index in [2.05, 4.69) is 20.8 Å². The first-order valence-electron chi connectivity index (χ1n) is 8.86. The predicted octanol–water partition coefficient (Wildman–Crippen LogP) is 5.43. The molecule has 0 aliphatic heterocycles. The second kappa shape index (κ2) is 7.67. The number of hydrogen-bond donors (Lipinski definition) is 0. The van der Waals surface area contributed by atoms with Crippen molar-refractivity contribution in [3.63, 3.8) is 0 Å². The molecule has 0 unspecified atom stereocenters. The summed E-state index contributed by atoms with van der Waals surface area (Å²) in [4.78, 5) is 0. The molecule has 0 N–H and O–H groups in total. The third-order valence-corrected chi connectivity index (χ3v) is 5.77. The summed E-state index contributed by atoms with van der Waals surface area (Å²) in [6.07, 6.45) is 13.6. The standard InChI is InChI=1S/C18H34O/c1-4-6-15-7-9-16(10-8-15)17-11-12-18(19-5-2)14(3)13-17/h14-18H,4-13H2,1-3H3/t14-,15?,16?,17+,18+/m1/s1. The van der Waals surface area contributed by atoms with E-state index < -0.39 is 0 Å². The van der Waals surface area contributed by atoms with Gasteiger partial charge >= 0.3 is 0 Å². The average Bonchev–Trinajstić information content (AvgIpc) is 2.43. The van der Waals surface area contributed by atoms with E-state index >= 15 is 0 Å². The molecule has 0 aromatic heterocycles. The van der Waals surface area contributed by atoms with Gasteiger partial charge in [0.2, 0.25) is 0 Å². The molecule has 19 heavy (non-hydrogen) atoms. The van der Waals surface area contributed by atoms with Gasteiger partial charge in [-0.3, -0.25) is 0 Å². The number of hydrogen-bond acceptors (Lipinski definition) is 1. The summed E-state index contributed by atoms with van der Waals surface area (Å²) in [6.45, 7) is 7.77. The topological polar surface area (TPSA) is 9.23 Å². The van der Waals surface area contributed by atoms with Crippen molar-refractivity contribution in [1.29, 1.82) is 0 Å². The van der Waals surface area contributed by atoms with Gasteiger partial charge in [0.05, 0.1) is 6.10 Å². The fourth-order valence-corrected chi connectivity index (χ4v) is 4.66. The molecule has 2 rings (SSSR count). The Morgan fingerprint density at radius 2 is 1.58 bits per heavy atom. The van der Waals surface area contributed by atoms with E-state index in [4.69, 9.17) is 4.74 Å². The highest BCUT2D eigenvalue weighted by atomic mass is 16.5. The van der Waals surface area contributed by atoms with Gasteiger partial charge in [0.15, 0.2) is 0 Å². The molecular weight excluding hydrogens is 232 g/mol. The van der Waals surface area contributed by atoms with E-state index in [-0.39, 0.29) is 0 Å². The van der Waals surface area contributed by atoms with Gasteiger partial charge in [-0.2, -0.15) is 0 Å². The summed E-state index contributed by atoms with van der Waals surface area (Å²) in [5, 5.41) is 0. The Labute approximate surface area is 120 Å². The first-order valence-corrected chi connectivity index (χ1v) is 8.86. The molecule has 0 spiro atoms. The van der Waals surface area contributed by atoms with Crippen LogP contribution in [-0.4, -0.2) is 12.7 Å². The van der Waals surface area contributed by atoms with Crippen LogP contribution in [0.3, 0.4) is 0 Å². The van der Waals surface area contributed by atoms with Crippen molar-refractivity contribution in [2.75, 3.05) is 6.61 Å². The van der Waals surface area contributed by atoms with Crippen LogP contribution in [0.1, 0.15) is 78.6 Å². The zero-order chi connectivity index (χ0) is 13.7. The monoisotopic (exact) mass is 266 g/mol. The largest absolute Gasteiger partial charge is 0.378 e. The maximum atomic E-state index is 5.88. The molecule has 0 saturated heterocycles. The third kappa shape index (κ3) is 4.21. The van der Waals surface area contributed by atoms with Crippen LogP contribution in [0.2, 0.25) is 0 Å². The van der Waals surface area contributed by atoms with Crippen molar-refractivity contribution in [1.82, 2.24) is 0 Å². The molecule has 2 aliphatic carbocycles. The second-order valence-electron chi connectivity index (χ2n) is 7.11. The van der Waals surface area contributed by atoms with Crippen LogP contribution in [0.5, 0.6) is 0 Å². The Hall–Kier alpha value is -0.0400. The molecule has 2 aliphatic rings. The lowest BCUT2D eigenvalue weighted by Crippen LogP contribution is -2.34. The van der Waals surface area contributed by atoms with Crippen LogP contribution < -0.4 is 0 Å². The highest BCUT2D eigenvalue weighted by molar-refractivity contribution is 4.85. The summed E-state index contributed by atoms with van der Waals surface area (Å²) in [6, 6.07) is 0. The maximum Gasteiger partial charge on any atom is 0.0600 e. The minimum Gasteiger partial charge on any atom is -0.378 e. The summed E-state index contributed by atoms with van der Waals surface area (Å²) in [7, 11) is 0. The molecule has 0 bridgehead atoms. The van der Waals surface area contributed by atoms with E-state index in [9.17, 15) is 0 Å². The number of ether oxygens (including phenoxy) is 1. The Kier molecular flexibility index (Phi) is 6.19. The molecule has 1 nitrogen and oxygen atoms in total. The zero-order valence-corrected chi connectivity index (χ0v) is 13.4. The van der Waals surface area contributed by atoms with Gasteiger partial charge in [0, 0.05) is 6.61 Å². The molecule has 1 heteroatoms. The van der Waals surface area contributed by atoms with Gasteiger partial charge in [-0.15, -0.1) is 0 Å². The van der Waals surface area contributed by atoms with Crippen molar-refractivity contribution in [3.8, 4) is 0 Å². The predicted molar refractivity (Wildman–Crippen MR) is 82.3 cm³/mol. The summed E-state index contributed by atoms with van der Waals surface area (Å²) < 4.78 is 5.88. The maximum absolute atomic E-state index is 5.88. The Balaban J connectivity index is 1.75. The molecule has 112 valence electrons. The van der Waals surface area contributed by atoms with Crippen molar-refractivity contribution in [3.05, 3.63) is 0 Å². The van der Waals surface area contributed by atoms with Gasteiger partial charge in [-0.05, 0) is 62.7 Å². The van der Waals surface area contributed by atoms with Gasteiger partial charge < -0.3 is 4.74 Å². The van der Waals surface area contributed by atoms with Crippen LogP contribution in [0.15, 0.2) is 0 Å². The van der Waals surface area contributed by atoms with Crippen LogP contribution >= 0.6 is 0 Å². The third-order valence-electron chi connectivity index (χ3n) is 5.77. The van der Waals surface area contributed by atoms with Crippen molar-refractivity contribution in [2.24, 2.45) is 23.7 Å². The van der Waals surface area contributed by atoms with Crippen LogP contribution in [0.25, 0.3) is 0 Å². The molecule has 0 radical (unpaired) electrons. The zero-order valence-electron chi connectivity index (χ0n) is 13.4. The molecule has 0 aromatic carbocycles. The SMILES string of the molecule is CCCC1CCC([C@H]2CC[C@H](OCC)[C@H](C)C2)CC1. The first-order chi connectivity index (χ1) is 9.24.